The number of fused-ring (bicyclic) bond motifs is 5. The van der Waals surface area contributed by atoms with Crippen molar-refractivity contribution in [2.45, 2.75) is 50.7 Å². The Morgan fingerprint density at radius 2 is 2.17 bits per heavy atom. The van der Waals surface area contributed by atoms with Crippen molar-refractivity contribution in [1.29, 1.82) is 0 Å². The largest absolute Gasteiger partial charge is 0.489 e. The average Bonchev–Trinajstić information content (AvgIpc) is 3.52. The van der Waals surface area contributed by atoms with Crippen LogP contribution in [0.1, 0.15) is 49.0 Å². The van der Waals surface area contributed by atoms with Gasteiger partial charge in [-0.15, -0.1) is 0 Å². The Bertz CT molecular complexity index is 1150. The summed E-state index contributed by atoms with van der Waals surface area (Å²) >= 11 is 0. The number of nitrogens with zero attached hydrogens (tertiary/aromatic N) is 3. The number of hydrogen-bond acceptors (Lipinski definition) is 5. The molecular weight excluding hydrogens is 389 g/mol. The van der Waals surface area contributed by atoms with Crippen LogP contribution in [0, 0.1) is 12.4 Å². The molecule has 2 aliphatic heterocycles. The summed E-state index contributed by atoms with van der Waals surface area (Å²) in [7, 11) is 0. The number of ether oxygens (including phenoxy) is 2. The second-order valence-electron chi connectivity index (χ2n) is 8.13. The van der Waals surface area contributed by atoms with Crippen LogP contribution in [-0.2, 0) is 4.74 Å². The van der Waals surface area contributed by atoms with E-state index in [1.54, 1.807) is 6.92 Å². The van der Waals surface area contributed by atoms with E-state index < -0.39 is 17.2 Å². The molecule has 1 aromatic carbocycles. The molecule has 0 N–H and O–H groups in total. The van der Waals surface area contributed by atoms with Crippen LogP contribution in [0.15, 0.2) is 17.1 Å². The van der Waals surface area contributed by atoms with Crippen LogP contribution in [-0.4, -0.2) is 42.4 Å². The van der Waals surface area contributed by atoms with Gasteiger partial charge < -0.3 is 23.8 Å². The van der Waals surface area contributed by atoms with Gasteiger partial charge in [-0.1, -0.05) is 0 Å². The highest BCUT2D eigenvalue weighted by atomic mass is 19.1. The molecule has 30 heavy (non-hydrogen) atoms. The van der Waals surface area contributed by atoms with E-state index in [0.717, 1.165) is 12.8 Å². The summed E-state index contributed by atoms with van der Waals surface area (Å²) in [5.74, 6) is -0.914. The van der Waals surface area contributed by atoms with Crippen LogP contribution < -0.4 is 15.1 Å². The zero-order chi connectivity index (χ0) is 21.0. The Balaban J connectivity index is 1.78. The lowest BCUT2D eigenvalue weighted by Gasteiger charge is -2.25. The van der Waals surface area contributed by atoms with Gasteiger partial charge in [0.15, 0.2) is 11.6 Å². The molecule has 2 atom stereocenters. The number of aromatic nitrogens is 1. The fourth-order valence-corrected chi connectivity index (χ4v) is 4.67. The zero-order valence-corrected chi connectivity index (χ0v) is 16.7. The molecule has 0 amide bonds. The lowest BCUT2D eigenvalue weighted by molar-refractivity contribution is 0.0524. The van der Waals surface area contributed by atoms with Gasteiger partial charge in [0, 0.05) is 31.1 Å². The first-order valence-electron chi connectivity index (χ1n) is 10.4. The van der Waals surface area contributed by atoms with Crippen LogP contribution >= 0.6 is 0 Å². The highest BCUT2D eigenvalue weighted by molar-refractivity contribution is 5.98. The van der Waals surface area contributed by atoms with Crippen molar-refractivity contribution in [3.05, 3.63) is 45.3 Å². The predicted octanol–water partition coefficient (Wildman–Crippen LogP) is 3.30. The van der Waals surface area contributed by atoms with E-state index in [2.05, 4.69) is 4.85 Å². The molecule has 0 bridgehead atoms. The molecule has 2 aromatic rings. The normalized spacial score (nSPS) is 22.6. The number of benzene rings is 1. The second kappa shape index (κ2) is 7.01. The quantitative estimate of drug-likeness (QED) is 0.573. The summed E-state index contributed by atoms with van der Waals surface area (Å²) in [6.45, 7) is 10.0. The third-order valence-electron chi connectivity index (χ3n) is 6.19. The van der Waals surface area contributed by atoms with Crippen LogP contribution in [0.4, 0.5) is 10.1 Å². The molecule has 156 valence electrons. The monoisotopic (exact) mass is 411 g/mol. The minimum absolute atomic E-state index is 0.0391. The number of rotatable bonds is 3. The lowest BCUT2D eigenvalue weighted by Crippen LogP contribution is -2.30. The Morgan fingerprint density at radius 3 is 2.87 bits per heavy atom. The molecule has 0 spiro atoms. The third kappa shape index (κ3) is 2.83. The molecule has 8 heteroatoms. The smallest absolute Gasteiger partial charge is 0.343 e. The Morgan fingerprint density at radius 1 is 1.37 bits per heavy atom. The lowest BCUT2D eigenvalue weighted by atomic mass is 10.1. The predicted molar refractivity (Wildman–Crippen MR) is 109 cm³/mol. The summed E-state index contributed by atoms with van der Waals surface area (Å²) in [6, 6.07) is 1.22. The Kier molecular flexibility index (Phi) is 4.42. The number of halogens is 1. The molecule has 5 rings (SSSR count). The average molecular weight is 411 g/mol. The third-order valence-corrected chi connectivity index (χ3v) is 6.19. The van der Waals surface area contributed by atoms with E-state index in [0.29, 0.717) is 42.9 Å². The number of esters is 1. The van der Waals surface area contributed by atoms with Gasteiger partial charge in [0.2, 0.25) is 11.5 Å². The van der Waals surface area contributed by atoms with Gasteiger partial charge in [-0.25, -0.2) is 15.8 Å². The van der Waals surface area contributed by atoms with E-state index in [4.69, 9.17) is 16.0 Å². The number of carbonyl (C=O) groups is 1. The highest BCUT2D eigenvalue weighted by Gasteiger charge is 2.41. The minimum Gasteiger partial charge on any atom is -0.489 e. The van der Waals surface area contributed by atoms with Crippen LogP contribution in [0.2, 0.25) is 0 Å². The summed E-state index contributed by atoms with van der Waals surface area (Å²) in [4.78, 5) is 31.1. The first-order chi connectivity index (χ1) is 14.5. The maximum atomic E-state index is 15.4. The van der Waals surface area contributed by atoms with Crippen molar-refractivity contribution in [3.63, 3.8) is 0 Å². The standard InChI is InChI=1S/C22H22FN3O4/c1-3-29-22(28)16-11-26(13-4-5-13)18-15(20(16)27)9-17(23)19-21(18)30-7-6-14-8-12(24-2)10-25(14)19/h9,11-14H,3-8,10H2,1H3/t12-,14-/m0/s1. The second-order valence-corrected chi connectivity index (χ2v) is 8.13. The molecule has 1 saturated heterocycles. The van der Waals surface area contributed by atoms with E-state index in [9.17, 15) is 9.59 Å². The van der Waals surface area contributed by atoms with Crippen molar-refractivity contribution in [3.8, 4) is 5.75 Å². The van der Waals surface area contributed by atoms with Crippen LogP contribution in [0.25, 0.3) is 15.7 Å². The van der Waals surface area contributed by atoms with E-state index >= 15 is 4.39 Å². The molecule has 3 aliphatic rings. The van der Waals surface area contributed by atoms with Crippen molar-refractivity contribution in [1.82, 2.24) is 4.57 Å². The summed E-state index contributed by atoms with van der Waals surface area (Å²) in [5.41, 5.74) is 0.218. The van der Waals surface area contributed by atoms with Crippen molar-refractivity contribution < 1.29 is 18.7 Å². The van der Waals surface area contributed by atoms with E-state index in [-0.39, 0.29) is 35.7 Å². The van der Waals surface area contributed by atoms with Gasteiger partial charge >= 0.3 is 5.97 Å². The van der Waals surface area contributed by atoms with Gasteiger partial charge in [0.1, 0.15) is 11.3 Å². The molecule has 2 fully saturated rings. The highest BCUT2D eigenvalue weighted by Crippen LogP contribution is 2.46. The Labute approximate surface area is 172 Å². The zero-order valence-electron chi connectivity index (χ0n) is 16.7. The Hall–Kier alpha value is -3.08. The molecule has 3 heterocycles. The maximum Gasteiger partial charge on any atom is 0.343 e. The molecule has 0 radical (unpaired) electrons. The molecule has 1 saturated carbocycles. The molecule has 1 aliphatic carbocycles. The topological polar surface area (TPSA) is 65.1 Å². The summed E-state index contributed by atoms with van der Waals surface area (Å²) in [6.07, 6.45) is 4.74. The van der Waals surface area contributed by atoms with Gasteiger partial charge in [0.25, 0.3) is 0 Å². The van der Waals surface area contributed by atoms with Gasteiger partial charge in [-0.3, -0.25) is 4.79 Å². The molecule has 7 nitrogen and oxygen atoms in total. The number of pyridine rings is 1. The first kappa shape index (κ1) is 18.9. The van der Waals surface area contributed by atoms with Crippen molar-refractivity contribution in [2.75, 3.05) is 24.7 Å². The molecular formula is C22H22FN3O4. The maximum absolute atomic E-state index is 15.4. The van der Waals surface area contributed by atoms with Gasteiger partial charge in [-0.05, 0) is 25.8 Å². The minimum atomic E-state index is -0.699. The first-order valence-corrected chi connectivity index (χ1v) is 10.4. The SMILES string of the molecule is [C-]#[N+][C@H]1C[C@@H]2CCOc3c(c(F)cc4c(=O)c(C(=O)OCC)cn(C5CC5)c34)N2C1. The fourth-order valence-electron chi connectivity index (χ4n) is 4.67. The van der Waals surface area contributed by atoms with E-state index in [1.165, 1.54) is 12.3 Å². The molecule has 1 aromatic heterocycles. The summed E-state index contributed by atoms with van der Waals surface area (Å²) < 4.78 is 28.4. The van der Waals surface area contributed by atoms with Crippen LogP contribution in [0.3, 0.4) is 0 Å². The fraction of sp³-hybridized carbons (Fsp3) is 0.500. The van der Waals surface area contributed by atoms with Crippen molar-refractivity contribution >= 4 is 22.6 Å². The summed E-state index contributed by atoms with van der Waals surface area (Å²) in [5, 5.41) is 0.128. The number of hydrogen-bond donors (Lipinski definition) is 0. The van der Waals surface area contributed by atoms with E-state index in [1.807, 2.05) is 9.47 Å². The number of anilines is 1. The van der Waals surface area contributed by atoms with Crippen LogP contribution in [0.5, 0.6) is 5.75 Å². The molecule has 0 unspecified atom stereocenters. The van der Waals surface area contributed by atoms with Crippen molar-refractivity contribution in [2.24, 2.45) is 0 Å². The van der Waals surface area contributed by atoms with Gasteiger partial charge in [-0.2, -0.15) is 0 Å². The van der Waals surface area contributed by atoms with Gasteiger partial charge in [0.05, 0.1) is 30.7 Å². The number of carbonyl (C=O) groups excluding carboxylic acids is 1.